The molecule has 1 aliphatic heterocycles. The molecule has 1 aromatic heterocycles. The molecule has 30 heavy (non-hydrogen) atoms. The predicted octanol–water partition coefficient (Wildman–Crippen LogP) is 3.74. The van der Waals surface area contributed by atoms with Gasteiger partial charge in [0.05, 0.1) is 11.6 Å². The SMILES string of the molecule is C[C@H](C(=O)Nc1sc2c(c1C#N)CCCCC2)N1CCN(c2ccc(O)cc2)CC1. The number of fused-ring (bicyclic) bond motifs is 1. The highest BCUT2D eigenvalue weighted by atomic mass is 32.1. The van der Waals surface area contributed by atoms with Crippen molar-refractivity contribution in [2.75, 3.05) is 36.4 Å². The van der Waals surface area contributed by atoms with E-state index in [2.05, 4.69) is 21.2 Å². The number of hydrogen-bond donors (Lipinski definition) is 2. The second-order valence-corrected chi connectivity index (χ2v) is 9.19. The highest BCUT2D eigenvalue weighted by Crippen LogP contribution is 2.37. The molecule has 0 spiro atoms. The van der Waals surface area contributed by atoms with E-state index in [4.69, 9.17) is 0 Å². The number of rotatable bonds is 4. The number of carbonyl (C=O) groups excluding carboxylic acids is 1. The molecule has 4 rings (SSSR count). The zero-order valence-electron chi connectivity index (χ0n) is 17.4. The van der Waals surface area contributed by atoms with Gasteiger partial charge < -0.3 is 15.3 Å². The summed E-state index contributed by atoms with van der Waals surface area (Å²) in [5.41, 5.74) is 2.92. The van der Waals surface area contributed by atoms with E-state index < -0.39 is 0 Å². The zero-order chi connectivity index (χ0) is 21.1. The maximum absolute atomic E-state index is 13.0. The molecule has 0 bridgehead atoms. The summed E-state index contributed by atoms with van der Waals surface area (Å²) >= 11 is 1.59. The molecule has 158 valence electrons. The molecule has 1 fully saturated rings. The Balaban J connectivity index is 1.38. The molecule has 6 nitrogen and oxygen atoms in total. The van der Waals surface area contributed by atoms with Gasteiger partial charge in [0.15, 0.2) is 0 Å². The second-order valence-electron chi connectivity index (χ2n) is 8.09. The molecule has 0 unspecified atom stereocenters. The van der Waals surface area contributed by atoms with Gasteiger partial charge in [-0.15, -0.1) is 11.3 Å². The van der Waals surface area contributed by atoms with Gasteiger partial charge in [-0.3, -0.25) is 9.69 Å². The number of anilines is 2. The topological polar surface area (TPSA) is 79.6 Å². The maximum atomic E-state index is 13.0. The number of phenols is 1. The summed E-state index contributed by atoms with van der Waals surface area (Å²) in [6.45, 7) is 5.19. The molecule has 2 aromatic rings. The Morgan fingerprint density at radius 3 is 2.53 bits per heavy atom. The third-order valence-electron chi connectivity index (χ3n) is 6.23. The molecule has 7 heteroatoms. The molecule has 2 N–H and O–H groups in total. The van der Waals surface area contributed by atoms with Crippen LogP contribution in [0.15, 0.2) is 24.3 Å². The van der Waals surface area contributed by atoms with E-state index >= 15 is 0 Å². The van der Waals surface area contributed by atoms with E-state index in [0.717, 1.165) is 68.1 Å². The normalized spacial score (nSPS) is 18.2. The average molecular weight is 425 g/mol. The summed E-state index contributed by atoms with van der Waals surface area (Å²) in [6, 6.07) is 9.34. The van der Waals surface area contributed by atoms with Crippen LogP contribution in [0, 0.1) is 11.3 Å². The van der Waals surface area contributed by atoms with Crippen molar-refractivity contribution >= 4 is 27.9 Å². The molecular formula is C23H28N4O2S. The number of nitrogens with one attached hydrogen (secondary N) is 1. The van der Waals surface area contributed by atoms with Gasteiger partial charge in [0.1, 0.15) is 16.8 Å². The molecule has 1 aliphatic carbocycles. The fourth-order valence-corrected chi connectivity index (χ4v) is 5.60. The summed E-state index contributed by atoms with van der Waals surface area (Å²) in [7, 11) is 0. The Morgan fingerprint density at radius 1 is 1.13 bits per heavy atom. The zero-order valence-corrected chi connectivity index (χ0v) is 18.2. The standard InChI is InChI=1S/C23H28N4O2S/c1-16(26-11-13-27(14-12-26)17-7-9-18(28)10-8-17)22(29)25-23-20(15-24)19-5-3-2-4-6-21(19)30-23/h7-10,16,28H,2-6,11-14H2,1H3,(H,25,29)/t16-/m1/s1. The van der Waals surface area contributed by atoms with Gasteiger partial charge in [-0.2, -0.15) is 5.26 Å². The Hall–Kier alpha value is -2.56. The lowest BCUT2D eigenvalue weighted by atomic mass is 10.1. The number of nitrogens with zero attached hydrogens (tertiary/aromatic N) is 3. The second kappa shape index (κ2) is 9.07. The van der Waals surface area contributed by atoms with Gasteiger partial charge in [0.25, 0.3) is 0 Å². The van der Waals surface area contributed by atoms with E-state index in [1.54, 1.807) is 23.5 Å². The highest BCUT2D eigenvalue weighted by Gasteiger charge is 2.28. The molecule has 0 radical (unpaired) electrons. The van der Waals surface area contributed by atoms with Gasteiger partial charge >= 0.3 is 0 Å². The fraction of sp³-hybridized carbons (Fsp3) is 0.478. The minimum atomic E-state index is -0.250. The molecular weight excluding hydrogens is 396 g/mol. The minimum Gasteiger partial charge on any atom is -0.508 e. The third-order valence-corrected chi connectivity index (χ3v) is 7.43. The molecule has 1 atom stereocenters. The van der Waals surface area contributed by atoms with E-state index in [1.165, 1.54) is 11.3 Å². The first-order valence-corrected chi connectivity index (χ1v) is 11.5. The van der Waals surface area contributed by atoms with Gasteiger partial charge in [0.2, 0.25) is 5.91 Å². The van der Waals surface area contributed by atoms with Crippen LogP contribution in [0.5, 0.6) is 5.75 Å². The summed E-state index contributed by atoms with van der Waals surface area (Å²) in [4.78, 5) is 18.7. The van der Waals surface area contributed by atoms with Crippen molar-refractivity contribution in [3.8, 4) is 11.8 Å². The molecule has 0 saturated carbocycles. The largest absolute Gasteiger partial charge is 0.508 e. The summed E-state index contributed by atoms with van der Waals surface area (Å²) < 4.78 is 0. The molecule has 1 amide bonds. The highest BCUT2D eigenvalue weighted by molar-refractivity contribution is 7.16. The Morgan fingerprint density at radius 2 is 1.83 bits per heavy atom. The third kappa shape index (κ3) is 4.30. The van der Waals surface area contributed by atoms with Crippen LogP contribution in [-0.2, 0) is 17.6 Å². The first-order chi connectivity index (χ1) is 14.6. The van der Waals surface area contributed by atoms with Crippen LogP contribution in [0.1, 0.15) is 42.2 Å². The van der Waals surface area contributed by atoms with Crippen molar-refractivity contribution in [2.24, 2.45) is 0 Å². The molecule has 2 aliphatic rings. The van der Waals surface area contributed by atoms with E-state index in [0.29, 0.717) is 5.56 Å². The number of aryl methyl sites for hydroxylation is 1. The van der Waals surface area contributed by atoms with Crippen molar-refractivity contribution < 1.29 is 9.90 Å². The Kier molecular flexibility index (Phi) is 6.26. The number of hydrogen-bond acceptors (Lipinski definition) is 6. The first-order valence-electron chi connectivity index (χ1n) is 10.7. The number of thiophene rings is 1. The van der Waals surface area contributed by atoms with Crippen molar-refractivity contribution in [2.45, 2.75) is 45.1 Å². The van der Waals surface area contributed by atoms with Crippen LogP contribution in [0.2, 0.25) is 0 Å². The van der Waals surface area contributed by atoms with Crippen LogP contribution in [0.3, 0.4) is 0 Å². The number of aromatic hydroxyl groups is 1. The van der Waals surface area contributed by atoms with Crippen molar-refractivity contribution in [1.82, 2.24) is 4.90 Å². The lowest BCUT2D eigenvalue weighted by molar-refractivity contribution is -0.120. The Labute approximate surface area is 181 Å². The lowest BCUT2D eigenvalue weighted by Crippen LogP contribution is -2.52. The number of phenolic OH excluding ortho intramolecular Hbond substituents is 1. The number of carbonyl (C=O) groups is 1. The monoisotopic (exact) mass is 424 g/mol. The molecule has 1 saturated heterocycles. The number of amides is 1. The summed E-state index contributed by atoms with van der Waals surface area (Å²) in [5.74, 6) is 0.228. The maximum Gasteiger partial charge on any atom is 0.242 e. The minimum absolute atomic E-state index is 0.0407. The predicted molar refractivity (Wildman–Crippen MR) is 120 cm³/mol. The molecule has 1 aromatic carbocycles. The summed E-state index contributed by atoms with van der Waals surface area (Å²) in [6.07, 6.45) is 5.45. The van der Waals surface area contributed by atoms with Crippen LogP contribution >= 0.6 is 11.3 Å². The van der Waals surface area contributed by atoms with Crippen molar-refractivity contribution in [3.63, 3.8) is 0 Å². The van der Waals surface area contributed by atoms with Gasteiger partial charge in [-0.25, -0.2) is 0 Å². The van der Waals surface area contributed by atoms with Gasteiger partial charge in [0, 0.05) is 36.7 Å². The lowest BCUT2D eigenvalue weighted by Gasteiger charge is -2.38. The van der Waals surface area contributed by atoms with Gasteiger partial charge in [-0.1, -0.05) is 6.42 Å². The van der Waals surface area contributed by atoms with Crippen LogP contribution in [0.4, 0.5) is 10.7 Å². The van der Waals surface area contributed by atoms with Crippen molar-refractivity contribution in [3.05, 3.63) is 40.3 Å². The fourth-order valence-electron chi connectivity index (χ4n) is 4.36. The van der Waals surface area contributed by atoms with Crippen LogP contribution in [0.25, 0.3) is 0 Å². The average Bonchev–Trinajstić information content (AvgIpc) is 2.92. The number of nitriles is 1. The van der Waals surface area contributed by atoms with Crippen LogP contribution in [-0.4, -0.2) is 48.1 Å². The quantitative estimate of drug-likeness (QED) is 0.731. The van der Waals surface area contributed by atoms with Crippen LogP contribution < -0.4 is 10.2 Å². The first kappa shape index (κ1) is 20.7. The molecule has 2 heterocycles. The van der Waals surface area contributed by atoms with E-state index in [9.17, 15) is 15.2 Å². The number of benzene rings is 1. The smallest absolute Gasteiger partial charge is 0.242 e. The van der Waals surface area contributed by atoms with E-state index in [1.807, 2.05) is 19.1 Å². The Bertz CT molecular complexity index is 939. The van der Waals surface area contributed by atoms with E-state index in [-0.39, 0.29) is 17.7 Å². The summed E-state index contributed by atoms with van der Waals surface area (Å²) in [5, 5.41) is 22.9. The van der Waals surface area contributed by atoms with Gasteiger partial charge in [-0.05, 0) is 62.4 Å². The number of piperazine rings is 1. The van der Waals surface area contributed by atoms with Crippen molar-refractivity contribution in [1.29, 1.82) is 5.26 Å².